The molecule has 1 heterocycles. The van der Waals surface area contributed by atoms with Crippen LogP contribution in [0.4, 0.5) is 33.5 Å². The van der Waals surface area contributed by atoms with Crippen LogP contribution >= 0.6 is 23.2 Å². The standard InChI is InChI=1S/C20H13Cl2F5N6O2S/c1-32(2)9-29-19-17(31-36(34,35)11-3-4-14(23)15(24)7-11)16(8-28)30-33(19)18-12(21)5-10(6-13(18)22)20(25,26)27/h3-7,9,31H,1-2H3. The minimum Gasteiger partial charge on any atom is -0.369 e. The van der Waals surface area contributed by atoms with Crippen molar-refractivity contribution in [2.24, 2.45) is 4.99 Å². The molecule has 0 saturated carbocycles. The number of alkyl halides is 3. The van der Waals surface area contributed by atoms with Crippen LogP contribution in [0.1, 0.15) is 11.3 Å². The van der Waals surface area contributed by atoms with Crippen molar-refractivity contribution in [1.82, 2.24) is 14.7 Å². The predicted octanol–water partition coefficient (Wildman–Crippen LogP) is 5.37. The number of nitrogens with zero attached hydrogens (tertiary/aromatic N) is 5. The van der Waals surface area contributed by atoms with Gasteiger partial charge in [0.25, 0.3) is 10.0 Å². The molecule has 3 aromatic rings. The lowest BCUT2D eigenvalue weighted by Crippen LogP contribution is -2.14. The maximum atomic E-state index is 13.6. The lowest BCUT2D eigenvalue weighted by molar-refractivity contribution is -0.137. The number of nitrogens with one attached hydrogen (secondary N) is 1. The smallest absolute Gasteiger partial charge is 0.369 e. The molecule has 0 atom stereocenters. The fraction of sp³-hybridized carbons (Fsp3) is 0.150. The Bertz CT molecular complexity index is 1490. The molecule has 8 nitrogen and oxygen atoms in total. The summed E-state index contributed by atoms with van der Waals surface area (Å²) < 4.78 is 94.9. The van der Waals surface area contributed by atoms with Gasteiger partial charge in [-0.15, -0.1) is 0 Å². The third kappa shape index (κ3) is 5.53. The zero-order chi connectivity index (χ0) is 27.0. The fourth-order valence-electron chi connectivity index (χ4n) is 2.80. The number of hydrogen-bond acceptors (Lipinski definition) is 5. The number of rotatable bonds is 6. The first-order valence-corrected chi connectivity index (χ1v) is 11.7. The monoisotopic (exact) mass is 566 g/mol. The quantitative estimate of drug-likeness (QED) is 0.245. The van der Waals surface area contributed by atoms with Crippen molar-refractivity contribution in [2.45, 2.75) is 11.1 Å². The molecule has 0 saturated heterocycles. The summed E-state index contributed by atoms with van der Waals surface area (Å²) in [5.74, 6) is -3.12. The van der Waals surface area contributed by atoms with E-state index in [-0.39, 0.29) is 5.69 Å². The number of benzene rings is 2. The van der Waals surface area contributed by atoms with Gasteiger partial charge in [-0.1, -0.05) is 23.2 Å². The number of anilines is 1. The zero-order valence-corrected chi connectivity index (χ0v) is 20.4. The highest BCUT2D eigenvalue weighted by molar-refractivity contribution is 7.92. The second-order valence-corrected chi connectivity index (χ2v) is 9.74. The van der Waals surface area contributed by atoms with Gasteiger partial charge in [-0.3, -0.25) is 4.72 Å². The van der Waals surface area contributed by atoms with E-state index in [1.807, 2.05) is 4.72 Å². The van der Waals surface area contributed by atoms with E-state index < -0.39 is 65.5 Å². The van der Waals surface area contributed by atoms with Crippen molar-refractivity contribution in [3.05, 3.63) is 63.3 Å². The zero-order valence-electron chi connectivity index (χ0n) is 18.1. The molecular formula is C20H13Cl2F5N6O2S. The summed E-state index contributed by atoms with van der Waals surface area (Å²) in [5.41, 5.74) is -2.58. The number of hydrogen-bond donors (Lipinski definition) is 1. The van der Waals surface area contributed by atoms with Gasteiger partial charge in [0, 0.05) is 14.1 Å². The van der Waals surface area contributed by atoms with E-state index in [1.54, 1.807) is 20.2 Å². The summed E-state index contributed by atoms with van der Waals surface area (Å²) in [6.45, 7) is 0. The highest BCUT2D eigenvalue weighted by Crippen LogP contribution is 2.41. The van der Waals surface area contributed by atoms with Crippen LogP contribution in [0, 0.1) is 23.0 Å². The molecule has 0 bridgehead atoms. The first-order chi connectivity index (χ1) is 16.7. The Morgan fingerprint density at radius 2 is 1.75 bits per heavy atom. The van der Waals surface area contributed by atoms with Crippen molar-refractivity contribution in [3.63, 3.8) is 0 Å². The lowest BCUT2D eigenvalue weighted by atomic mass is 10.2. The number of sulfonamides is 1. The van der Waals surface area contributed by atoms with Crippen LogP contribution in [0.25, 0.3) is 5.69 Å². The Morgan fingerprint density at radius 3 is 2.25 bits per heavy atom. The minimum atomic E-state index is -4.77. The maximum absolute atomic E-state index is 13.6. The summed E-state index contributed by atoms with van der Waals surface area (Å²) >= 11 is 12.1. The molecule has 0 radical (unpaired) electrons. The number of aliphatic imine (C=N–C) groups is 1. The number of halogens is 7. The third-order valence-corrected chi connectivity index (χ3v) is 6.30. The first kappa shape index (κ1) is 27.2. The molecule has 36 heavy (non-hydrogen) atoms. The Labute approximate surface area is 211 Å². The third-order valence-electron chi connectivity index (χ3n) is 4.37. The van der Waals surface area contributed by atoms with E-state index in [0.717, 1.165) is 10.7 Å². The van der Waals surface area contributed by atoms with E-state index in [9.17, 15) is 35.6 Å². The predicted molar refractivity (Wildman–Crippen MR) is 122 cm³/mol. The summed E-state index contributed by atoms with van der Waals surface area (Å²) in [6, 6.07) is 4.56. The second kappa shape index (κ2) is 9.92. The van der Waals surface area contributed by atoms with Crippen LogP contribution in [0.5, 0.6) is 0 Å². The largest absolute Gasteiger partial charge is 0.416 e. The first-order valence-electron chi connectivity index (χ1n) is 9.44. The Morgan fingerprint density at radius 1 is 1.14 bits per heavy atom. The molecule has 0 amide bonds. The fourth-order valence-corrected chi connectivity index (χ4v) is 4.52. The SMILES string of the molecule is CN(C)C=Nc1c(NS(=O)(=O)c2ccc(F)c(F)c2)c(C#N)nn1-c1c(Cl)cc(C(F)(F)F)cc1Cl. The van der Waals surface area contributed by atoms with Crippen LogP contribution in [-0.2, 0) is 16.2 Å². The van der Waals surface area contributed by atoms with Gasteiger partial charge >= 0.3 is 6.18 Å². The maximum Gasteiger partial charge on any atom is 0.416 e. The van der Waals surface area contributed by atoms with Crippen molar-refractivity contribution >= 4 is 51.1 Å². The highest BCUT2D eigenvalue weighted by atomic mass is 35.5. The Balaban J connectivity index is 2.26. The van der Waals surface area contributed by atoms with Crippen molar-refractivity contribution in [2.75, 3.05) is 18.8 Å². The van der Waals surface area contributed by atoms with Crippen molar-refractivity contribution < 1.29 is 30.4 Å². The van der Waals surface area contributed by atoms with Gasteiger partial charge in [-0.2, -0.15) is 23.5 Å². The van der Waals surface area contributed by atoms with E-state index in [0.29, 0.717) is 24.3 Å². The van der Waals surface area contributed by atoms with Gasteiger partial charge in [-0.25, -0.2) is 26.9 Å². The van der Waals surface area contributed by atoms with Gasteiger partial charge in [-0.05, 0) is 30.3 Å². The van der Waals surface area contributed by atoms with Crippen LogP contribution in [0.2, 0.25) is 10.0 Å². The van der Waals surface area contributed by atoms with Crippen LogP contribution in [0.15, 0.2) is 40.2 Å². The molecular weight excluding hydrogens is 554 g/mol. The topological polar surface area (TPSA) is 103 Å². The molecule has 1 N–H and O–H groups in total. The molecule has 1 aromatic heterocycles. The molecule has 16 heteroatoms. The molecule has 0 aliphatic carbocycles. The summed E-state index contributed by atoms with van der Waals surface area (Å²) in [5, 5.41) is 12.4. The van der Waals surface area contributed by atoms with Gasteiger partial charge < -0.3 is 4.90 Å². The molecule has 0 fully saturated rings. The van der Waals surface area contributed by atoms with Crippen molar-refractivity contribution in [1.29, 1.82) is 5.26 Å². The Hall–Kier alpha value is -3.41. The average molecular weight is 567 g/mol. The molecule has 190 valence electrons. The van der Waals surface area contributed by atoms with Crippen molar-refractivity contribution in [3.8, 4) is 11.8 Å². The average Bonchev–Trinajstić information content (AvgIpc) is 3.09. The van der Waals surface area contributed by atoms with E-state index >= 15 is 0 Å². The second-order valence-electron chi connectivity index (χ2n) is 7.25. The Kier molecular flexibility index (Phi) is 7.49. The van der Waals surface area contributed by atoms with E-state index in [4.69, 9.17) is 23.2 Å². The molecule has 0 unspecified atom stereocenters. The van der Waals surface area contributed by atoms with E-state index in [2.05, 4.69) is 10.1 Å². The summed E-state index contributed by atoms with van der Waals surface area (Å²) in [6.07, 6.45) is -3.60. The van der Waals surface area contributed by atoms with E-state index in [1.165, 1.54) is 11.2 Å². The van der Waals surface area contributed by atoms with Crippen LogP contribution in [-0.4, -0.2) is 43.5 Å². The normalized spacial score (nSPS) is 12.1. The lowest BCUT2D eigenvalue weighted by Gasteiger charge is -2.14. The van der Waals surface area contributed by atoms with Gasteiger partial charge in [0.2, 0.25) is 0 Å². The van der Waals surface area contributed by atoms with Crippen LogP contribution in [0.3, 0.4) is 0 Å². The van der Waals surface area contributed by atoms with Gasteiger partial charge in [0.1, 0.15) is 17.4 Å². The van der Waals surface area contributed by atoms with Crippen LogP contribution < -0.4 is 4.72 Å². The summed E-state index contributed by atoms with van der Waals surface area (Å²) in [4.78, 5) is 4.80. The molecule has 0 aliphatic heterocycles. The molecule has 0 aliphatic rings. The number of nitriles is 1. The minimum absolute atomic E-state index is 0.327. The summed E-state index contributed by atoms with van der Waals surface area (Å²) in [7, 11) is -1.52. The highest BCUT2D eigenvalue weighted by Gasteiger charge is 2.33. The van der Waals surface area contributed by atoms with Gasteiger partial charge in [0.15, 0.2) is 23.1 Å². The number of aromatic nitrogens is 2. The molecule has 0 spiro atoms. The molecule has 3 rings (SSSR count). The molecule has 2 aromatic carbocycles. The van der Waals surface area contributed by atoms with Gasteiger partial charge in [0.05, 0.1) is 26.8 Å².